The van der Waals surface area contributed by atoms with E-state index >= 15 is 0 Å². The maximum atomic E-state index is 4.23. The molecule has 1 aliphatic rings. The van der Waals surface area contributed by atoms with Crippen molar-refractivity contribution in [1.82, 2.24) is 14.9 Å². The van der Waals surface area contributed by atoms with Crippen molar-refractivity contribution < 1.29 is 0 Å². The molecule has 88 valence electrons. The number of hydrogen-bond acceptors (Lipinski definition) is 4. The molecule has 0 unspecified atom stereocenters. The topological polar surface area (TPSA) is 41.0 Å². The van der Waals surface area contributed by atoms with Gasteiger partial charge in [0.05, 0.1) is 4.47 Å². The van der Waals surface area contributed by atoms with Gasteiger partial charge < -0.3 is 10.2 Å². The van der Waals surface area contributed by atoms with Crippen molar-refractivity contribution in [3.8, 4) is 0 Å². The minimum Gasteiger partial charge on any atom is -0.366 e. The van der Waals surface area contributed by atoms with Crippen LogP contribution < -0.4 is 5.32 Å². The molecule has 1 aliphatic heterocycles. The maximum absolute atomic E-state index is 4.23. The second kappa shape index (κ2) is 5.59. The van der Waals surface area contributed by atoms with Gasteiger partial charge in [0.2, 0.25) is 0 Å². The normalized spacial score (nSPS) is 18.6. The number of likely N-dealkylation sites (tertiary alicyclic amines) is 1. The van der Waals surface area contributed by atoms with Gasteiger partial charge in [-0.2, -0.15) is 0 Å². The van der Waals surface area contributed by atoms with Crippen LogP contribution in [0.25, 0.3) is 0 Å². The van der Waals surface area contributed by atoms with Crippen molar-refractivity contribution in [2.45, 2.75) is 25.8 Å². The summed E-state index contributed by atoms with van der Waals surface area (Å²) in [4.78, 5) is 10.7. The number of anilines is 1. The molecule has 0 bridgehead atoms. The lowest BCUT2D eigenvalue weighted by Crippen LogP contribution is -2.39. The molecule has 1 aromatic rings. The Bertz CT molecular complexity index is 337. The molecule has 1 saturated heterocycles. The first-order valence-corrected chi connectivity index (χ1v) is 6.53. The second-order valence-electron chi connectivity index (χ2n) is 4.07. The standard InChI is InChI=1S/C11H17BrN4/c1-2-16-5-3-9(4-6-16)15-11-10(12)7-13-8-14-11/h7-9H,2-6H2,1H3,(H,13,14,15). The third kappa shape index (κ3) is 2.92. The Morgan fingerprint density at radius 3 is 2.88 bits per heavy atom. The highest BCUT2D eigenvalue weighted by Gasteiger charge is 2.18. The van der Waals surface area contributed by atoms with E-state index in [1.807, 2.05) is 0 Å². The zero-order valence-electron chi connectivity index (χ0n) is 9.49. The summed E-state index contributed by atoms with van der Waals surface area (Å²) in [6.07, 6.45) is 5.72. The van der Waals surface area contributed by atoms with Gasteiger partial charge in [0, 0.05) is 25.3 Å². The van der Waals surface area contributed by atoms with E-state index in [0.717, 1.165) is 16.8 Å². The Morgan fingerprint density at radius 1 is 1.50 bits per heavy atom. The van der Waals surface area contributed by atoms with Crippen LogP contribution in [0.5, 0.6) is 0 Å². The average molecular weight is 285 g/mol. The van der Waals surface area contributed by atoms with Gasteiger partial charge in [0.15, 0.2) is 0 Å². The SMILES string of the molecule is CCN1CCC(Nc2ncncc2Br)CC1. The lowest BCUT2D eigenvalue weighted by Gasteiger charge is -2.31. The highest BCUT2D eigenvalue weighted by molar-refractivity contribution is 9.10. The molecule has 0 aromatic carbocycles. The fraction of sp³-hybridized carbons (Fsp3) is 0.636. The summed E-state index contributed by atoms with van der Waals surface area (Å²) in [7, 11) is 0. The predicted octanol–water partition coefficient (Wildman–Crippen LogP) is 2.14. The van der Waals surface area contributed by atoms with E-state index in [4.69, 9.17) is 0 Å². The largest absolute Gasteiger partial charge is 0.366 e. The summed E-state index contributed by atoms with van der Waals surface area (Å²) in [5.41, 5.74) is 0. The molecule has 0 saturated carbocycles. The van der Waals surface area contributed by atoms with E-state index in [1.54, 1.807) is 12.5 Å². The van der Waals surface area contributed by atoms with Gasteiger partial charge in [0.1, 0.15) is 12.1 Å². The van der Waals surface area contributed by atoms with Gasteiger partial charge in [0.25, 0.3) is 0 Å². The molecule has 0 radical (unpaired) electrons. The molecule has 2 heterocycles. The predicted molar refractivity (Wildman–Crippen MR) is 68.5 cm³/mol. The third-order valence-corrected chi connectivity index (χ3v) is 3.62. The summed E-state index contributed by atoms with van der Waals surface area (Å²) < 4.78 is 0.938. The summed E-state index contributed by atoms with van der Waals surface area (Å²) in [5, 5.41) is 3.47. The fourth-order valence-corrected chi connectivity index (χ4v) is 2.34. The summed E-state index contributed by atoms with van der Waals surface area (Å²) in [5.74, 6) is 0.907. The van der Waals surface area contributed by atoms with Gasteiger partial charge in [-0.15, -0.1) is 0 Å². The lowest BCUT2D eigenvalue weighted by molar-refractivity contribution is 0.229. The highest BCUT2D eigenvalue weighted by atomic mass is 79.9. The summed E-state index contributed by atoms with van der Waals surface area (Å²) in [6, 6.07) is 0.536. The Kier molecular flexibility index (Phi) is 4.12. The number of halogens is 1. The van der Waals surface area contributed by atoms with Crippen LogP contribution in [0.4, 0.5) is 5.82 Å². The second-order valence-corrected chi connectivity index (χ2v) is 4.93. The number of rotatable bonds is 3. The van der Waals surface area contributed by atoms with Crippen molar-refractivity contribution >= 4 is 21.7 Å². The Labute approximate surface area is 105 Å². The van der Waals surface area contributed by atoms with Crippen molar-refractivity contribution in [3.05, 3.63) is 17.0 Å². The molecule has 4 nitrogen and oxygen atoms in total. The minimum absolute atomic E-state index is 0.536. The Balaban J connectivity index is 1.89. The van der Waals surface area contributed by atoms with Gasteiger partial charge >= 0.3 is 0 Å². The quantitative estimate of drug-likeness (QED) is 0.923. The highest BCUT2D eigenvalue weighted by Crippen LogP contribution is 2.21. The molecule has 2 rings (SSSR count). The van der Waals surface area contributed by atoms with Crippen LogP contribution in [-0.2, 0) is 0 Å². The van der Waals surface area contributed by atoms with Crippen molar-refractivity contribution in [2.75, 3.05) is 25.0 Å². The molecule has 0 atom stereocenters. The van der Waals surface area contributed by atoms with Gasteiger partial charge in [-0.25, -0.2) is 9.97 Å². The van der Waals surface area contributed by atoms with Crippen LogP contribution >= 0.6 is 15.9 Å². The van der Waals surface area contributed by atoms with Gasteiger partial charge in [-0.3, -0.25) is 0 Å². The van der Waals surface area contributed by atoms with E-state index < -0.39 is 0 Å². The molecular weight excluding hydrogens is 268 g/mol. The number of aromatic nitrogens is 2. The molecule has 1 N–H and O–H groups in total. The summed E-state index contributed by atoms with van der Waals surface area (Å²) >= 11 is 3.45. The molecule has 0 amide bonds. The van der Waals surface area contributed by atoms with Crippen LogP contribution in [0, 0.1) is 0 Å². The molecule has 5 heteroatoms. The molecule has 0 aliphatic carbocycles. The van der Waals surface area contributed by atoms with Crippen LogP contribution in [0.3, 0.4) is 0 Å². The van der Waals surface area contributed by atoms with Crippen LogP contribution in [0.15, 0.2) is 17.0 Å². The van der Waals surface area contributed by atoms with Crippen molar-refractivity contribution in [2.24, 2.45) is 0 Å². The van der Waals surface area contributed by atoms with Crippen LogP contribution in [0.1, 0.15) is 19.8 Å². The Morgan fingerprint density at radius 2 is 2.25 bits per heavy atom. The van der Waals surface area contributed by atoms with E-state index in [1.165, 1.54) is 25.9 Å². The fourth-order valence-electron chi connectivity index (χ4n) is 2.01. The minimum atomic E-state index is 0.536. The molecule has 0 spiro atoms. The molecular formula is C11H17BrN4. The first kappa shape index (κ1) is 11.8. The number of nitrogens with zero attached hydrogens (tertiary/aromatic N) is 3. The van der Waals surface area contributed by atoms with Crippen molar-refractivity contribution in [1.29, 1.82) is 0 Å². The van der Waals surface area contributed by atoms with Gasteiger partial charge in [-0.05, 0) is 35.3 Å². The monoisotopic (exact) mass is 284 g/mol. The van der Waals surface area contributed by atoms with E-state index in [0.29, 0.717) is 6.04 Å². The third-order valence-electron chi connectivity index (χ3n) is 3.04. The number of nitrogens with one attached hydrogen (secondary N) is 1. The van der Waals surface area contributed by atoms with E-state index in [2.05, 4.69) is 43.0 Å². The first-order valence-electron chi connectivity index (χ1n) is 5.74. The smallest absolute Gasteiger partial charge is 0.143 e. The lowest BCUT2D eigenvalue weighted by atomic mass is 10.1. The van der Waals surface area contributed by atoms with E-state index in [9.17, 15) is 0 Å². The average Bonchev–Trinajstić information content (AvgIpc) is 2.33. The summed E-state index contributed by atoms with van der Waals surface area (Å²) in [6.45, 7) is 5.73. The molecule has 1 fully saturated rings. The van der Waals surface area contributed by atoms with Crippen LogP contribution in [-0.4, -0.2) is 40.5 Å². The number of piperidine rings is 1. The zero-order chi connectivity index (χ0) is 11.4. The number of hydrogen-bond donors (Lipinski definition) is 1. The molecule has 1 aromatic heterocycles. The van der Waals surface area contributed by atoms with Crippen LogP contribution in [0.2, 0.25) is 0 Å². The van der Waals surface area contributed by atoms with E-state index in [-0.39, 0.29) is 0 Å². The van der Waals surface area contributed by atoms with Gasteiger partial charge in [-0.1, -0.05) is 6.92 Å². The Hall–Kier alpha value is -0.680. The maximum Gasteiger partial charge on any atom is 0.143 e. The first-order chi connectivity index (χ1) is 7.79. The molecule has 16 heavy (non-hydrogen) atoms. The van der Waals surface area contributed by atoms with Crippen molar-refractivity contribution in [3.63, 3.8) is 0 Å². The zero-order valence-corrected chi connectivity index (χ0v) is 11.1.